The predicted octanol–water partition coefficient (Wildman–Crippen LogP) is 3.72. The van der Waals surface area contributed by atoms with Gasteiger partial charge >= 0.3 is 5.76 Å². The van der Waals surface area contributed by atoms with E-state index in [1.54, 1.807) is 18.2 Å². The molecular weight excluding hydrogens is 332 g/mol. The first kappa shape index (κ1) is 17.8. The van der Waals surface area contributed by atoms with Crippen molar-refractivity contribution < 1.29 is 13.9 Å². The molecular formula is C20H22N2O4. The highest BCUT2D eigenvalue weighted by Gasteiger charge is 2.12. The van der Waals surface area contributed by atoms with Crippen molar-refractivity contribution in [3.05, 3.63) is 58.6 Å². The Labute approximate surface area is 151 Å². The first-order valence-corrected chi connectivity index (χ1v) is 8.70. The zero-order valence-electron chi connectivity index (χ0n) is 15.0. The smallest absolute Gasteiger partial charge is 0.419 e. The number of nitrogens with zero attached hydrogens (tertiary/aromatic N) is 1. The fourth-order valence-electron chi connectivity index (χ4n) is 2.72. The van der Waals surface area contributed by atoms with Crippen molar-refractivity contribution in [2.75, 3.05) is 11.9 Å². The largest absolute Gasteiger partial charge is 0.491 e. The number of hydrogen-bond acceptors (Lipinski definition) is 4. The summed E-state index contributed by atoms with van der Waals surface area (Å²) in [5.41, 5.74) is 2.91. The van der Waals surface area contributed by atoms with E-state index in [1.165, 1.54) is 4.57 Å². The highest BCUT2D eigenvalue weighted by Crippen LogP contribution is 2.26. The summed E-state index contributed by atoms with van der Waals surface area (Å²) in [6, 6.07) is 12.8. The molecule has 1 N–H and O–H groups in total. The van der Waals surface area contributed by atoms with Gasteiger partial charge < -0.3 is 14.5 Å². The van der Waals surface area contributed by atoms with E-state index in [1.807, 2.05) is 38.1 Å². The van der Waals surface area contributed by atoms with Crippen LogP contribution in [0.1, 0.15) is 25.3 Å². The third-order valence-electron chi connectivity index (χ3n) is 4.01. The molecule has 6 heteroatoms. The maximum atomic E-state index is 12.4. The zero-order valence-corrected chi connectivity index (χ0v) is 15.0. The summed E-state index contributed by atoms with van der Waals surface area (Å²) in [4.78, 5) is 24.3. The fourth-order valence-corrected chi connectivity index (χ4v) is 2.72. The van der Waals surface area contributed by atoms with Crippen molar-refractivity contribution in [1.82, 2.24) is 4.57 Å². The Morgan fingerprint density at radius 2 is 2.04 bits per heavy atom. The average molecular weight is 354 g/mol. The second-order valence-corrected chi connectivity index (χ2v) is 6.13. The average Bonchev–Trinajstić information content (AvgIpc) is 2.95. The molecule has 1 aromatic heterocycles. The van der Waals surface area contributed by atoms with E-state index < -0.39 is 5.76 Å². The van der Waals surface area contributed by atoms with Gasteiger partial charge in [0, 0.05) is 13.0 Å². The molecule has 3 rings (SSSR count). The van der Waals surface area contributed by atoms with Crippen molar-refractivity contribution in [3.63, 3.8) is 0 Å². The van der Waals surface area contributed by atoms with Gasteiger partial charge in [0.15, 0.2) is 5.58 Å². The van der Waals surface area contributed by atoms with Crippen LogP contribution in [0.25, 0.3) is 11.1 Å². The summed E-state index contributed by atoms with van der Waals surface area (Å²) < 4.78 is 12.4. The first-order valence-electron chi connectivity index (χ1n) is 8.70. The molecule has 0 radical (unpaired) electrons. The number of fused-ring (bicyclic) bond motifs is 1. The van der Waals surface area contributed by atoms with Crippen LogP contribution in [0, 0.1) is 6.92 Å². The van der Waals surface area contributed by atoms with Crippen molar-refractivity contribution in [1.29, 1.82) is 0 Å². The van der Waals surface area contributed by atoms with Crippen LogP contribution in [0.5, 0.6) is 5.75 Å². The van der Waals surface area contributed by atoms with E-state index in [0.29, 0.717) is 29.1 Å². The summed E-state index contributed by atoms with van der Waals surface area (Å²) in [5.74, 6) is 0.0137. The zero-order chi connectivity index (χ0) is 18.5. The third kappa shape index (κ3) is 3.96. The van der Waals surface area contributed by atoms with E-state index in [0.717, 1.165) is 12.0 Å². The summed E-state index contributed by atoms with van der Waals surface area (Å²) in [6.07, 6.45) is 1.04. The Balaban J connectivity index is 1.69. The molecule has 136 valence electrons. The van der Waals surface area contributed by atoms with Gasteiger partial charge in [-0.25, -0.2) is 4.79 Å². The third-order valence-corrected chi connectivity index (χ3v) is 4.01. The maximum Gasteiger partial charge on any atom is 0.419 e. The van der Waals surface area contributed by atoms with Gasteiger partial charge in [0.25, 0.3) is 0 Å². The molecule has 0 aliphatic rings. The molecule has 0 bridgehead atoms. The number of anilines is 1. The summed E-state index contributed by atoms with van der Waals surface area (Å²) in [7, 11) is 0. The van der Waals surface area contributed by atoms with Gasteiger partial charge in [-0.15, -0.1) is 0 Å². The number of carbonyl (C=O) groups excluding carboxylic acids is 1. The number of oxazole rings is 1. The van der Waals surface area contributed by atoms with Gasteiger partial charge in [-0.05, 0) is 43.2 Å². The number of para-hydroxylation sites is 2. The van der Waals surface area contributed by atoms with Crippen LogP contribution in [0.15, 0.2) is 51.7 Å². The lowest BCUT2D eigenvalue weighted by Crippen LogP contribution is -2.20. The molecule has 1 heterocycles. The molecule has 0 saturated heterocycles. The number of aromatic nitrogens is 1. The number of aryl methyl sites for hydroxylation is 2. The van der Waals surface area contributed by atoms with Crippen LogP contribution in [0.4, 0.5) is 5.69 Å². The van der Waals surface area contributed by atoms with Gasteiger partial charge in [0.1, 0.15) is 5.75 Å². The quantitative estimate of drug-likeness (QED) is 0.702. The Kier molecular flexibility index (Phi) is 5.41. The lowest BCUT2D eigenvalue weighted by Gasteiger charge is -2.13. The van der Waals surface area contributed by atoms with E-state index in [-0.39, 0.29) is 18.9 Å². The SMILES string of the molecule is CCCOc1cc(C)ccc1NC(=O)CCn1c(=O)oc2ccccc21. The lowest BCUT2D eigenvalue weighted by atomic mass is 10.2. The summed E-state index contributed by atoms with van der Waals surface area (Å²) in [5, 5.41) is 2.87. The molecule has 0 fully saturated rings. The van der Waals surface area contributed by atoms with Crippen molar-refractivity contribution in [2.24, 2.45) is 0 Å². The van der Waals surface area contributed by atoms with Gasteiger partial charge in [0.2, 0.25) is 5.91 Å². The normalized spacial score (nSPS) is 10.8. The topological polar surface area (TPSA) is 73.5 Å². The van der Waals surface area contributed by atoms with Gasteiger partial charge in [-0.3, -0.25) is 9.36 Å². The Bertz CT molecular complexity index is 971. The predicted molar refractivity (Wildman–Crippen MR) is 101 cm³/mol. The minimum Gasteiger partial charge on any atom is -0.491 e. The Morgan fingerprint density at radius 3 is 2.85 bits per heavy atom. The molecule has 0 aliphatic carbocycles. The van der Waals surface area contributed by atoms with E-state index in [4.69, 9.17) is 9.15 Å². The Morgan fingerprint density at radius 1 is 1.23 bits per heavy atom. The Hall–Kier alpha value is -3.02. The highest BCUT2D eigenvalue weighted by molar-refractivity contribution is 5.92. The van der Waals surface area contributed by atoms with Crippen LogP contribution in [0.3, 0.4) is 0 Å². The fraction of sp³-hybridized carbons (Fsp3) is 0.300. The van der Waals surface area contributed by atoms with E-state index >= 15 is 0 Å². The molecule has 0 spiro atoms. The molecule has 3 aromatic rings. The monoisotopic (exact) mass is 354 g/mol. The molecule has 0 aliphatic heterocycles. The van der Waals surface area contributed by atoms with Crippen molar-refractivity contribution in [3.8, 4) is 5.75 Å². The number of amides is 1. The minimum absolute atomic E-state index is 0.157. The summed E-state index contributed by atoms with van der Waals surface area (Å²) in [6.45, 7) is 4.84. The van der Waals surface area contributed by atoms with E-state index in [9.17, 15) is 9.59 Å². The molecule has 6 nitrogen and oxygen atoms in total. The van der Waals surface area contributed by atoms with E-state index in [2.05, 4.69) is 5.32 Å². The molecule has 2 aromatic carbocycles. The van der Waals surface area contributed by atoms with Crippen LogP contribution in [-0.4, -0.2) is 17.1 Å². The van der Waals surface area contributed by atoms with Crippen LogP contribution >= 0.6 is 0 Å². The minimum atomic E-state index is -0.457. The standard InChI is InChI=1S/C20H22N2O4/c1-3-12-25-18-13-14(2)8-9-15(18)21-19(23)10-11-22-16-6-4-5-7-17(16)26-20(22)24/h4-9,13H,3,10-12H2,1-2H3,(H,21,23). The van der Waals surface area contributed by atoms with Crippen LogP contribution < -0.4 is 15.8 Å². The number of carbonyl (C=O) groups is 1. The first-order chi connectivity index (χ1) is 12.6. The van der Waals surface area contributed by atoms with Gasteiger partial charge in [0.05, 0.1) is 17.8 Å². The van der Waals surface area contributed by atoms with Crippen LogP contribution in [0.2, 0.25) is 0 Å². The molecule has 0 atom stereocenters. The summed E-state index contributed by atoms with van der Waals surface area (Å²) >= 11 is 0. The molecule has 1 amide bonds. The van der Waals surface area contributed by atoms with Crippen molar-refractivity contribution in [2.45, 2.75) is 33.2 Å². The number of benzene rings is 2. The number of hydrogen-bond donors (Lipinski definition) is 1. The van der Waals surface area contributed by atoms with Gasteiger partial charge in [-0.2, -0.15) is 0 Å². The highest BCUT2D eigenvalue weighted by atomic mass is 16.5. The molecule has 0 unspecified atom stereocenters. The van der Waals surface area contributed by atoms with Crippen molar-refractivity contribution >= 4 is 22.7 Å². The number of rotatable bonds is 7. The van der Waals surface area contributed by atoms with Crippen LogP contribution in [-0.2, 0) is 11.3 Å². The lowest BCUT2D eigenvalue weighted by molar-refractivity contribution is -0.116. The number of nitrogens with one attached hydrogen (secondary N) is 1. The molecule has 0 saturated carbocycles. The number of ether oxygens (including phenoxy) is 1. The molecule has 26 heavy (non-hydrogen) atoms. The van der Waals surface area contributed by atoms with Gasteiger partial charge in [-0.1, -0.05) is 25.1 Å². The second kappa shape index (κ2) is 7.91. The maximum absolute atomic E-state index is 12.4. The second-order valence-electron chi connectivity index (χ2n) is 6.13.